The Morgan fingerprint density at radius 3 is 2.44 bits per heavy atom. The molecule has 1 rings (SSSR count). The van der Waals surface area contributed by atoms with Crippen molar-refractivity contribution in [3.05, 3.63) is 28.6 Å². The first-order chi connectivity index (χ1) is 14.7. The maximum absolute atomic E-state index is 12.4. The van der Waals surface area contributed by atoms with Crippen LogP contribution in [0.5, 0.6) is 0 Å². The zero-order chi connectivity index (χ0) is 24.6. The summed E-state index contributed by atoms with van der Waals surface area (Å²) in [4.78, 5) is 37.7. The van der Waals surface area contributed by atoms with Crippen LogP contribution in [-0.4, -0.2) is 53.0 Å². The summed E-state index contributed by atoms with van der Waals surface area (Å²) in [5.41, 5.74) is 2.18. The Hall–Kier alpha value is -3.08. The van der Waals surface area contributed by atoms with Gasteiger partial charge < -0.3 is 19.5 Å². The van der Waals surface area contributed by atoms with Gasteiger partial charge in [0.1, 0.15) is 11.6 Å². The van der Waals surface area contributed by atoms with Crippen LogP contribution in [0.1, 0.15) is 58.0 Å². The van der Waals surface area contributed by atoms with Crippen molar-refractivity contribution in [3.8, 4) is 6.07 Å². The maximum Gasteiger partial charge on any atom is 0.349 e. The minimum Gasteiger partial charge on any atom is -0.451 e. The van der Waals surface area contributed by atoms with Gasteiger partial charge in [-0.25, -0.2) is 4.79 Å². The highest BCUT2D eigenvalue weighted by Crippen LogP contribution is 2.20. The summed E-state index contributed by atoms with van der Waals surface area (Å²) < 4.78 is 7.19. The molecule has 0 aromatic carbocycles. The minimum atomic E-state index is -0.875. The third kappa shape index (κ3) is 8.58. The Kier molecular flexibility index (Phi) is 9.70. The number of ether oxygens (including phenoxy) is 1. The molecule has 0 saturated carbocycles. The van der Waals surface area contributed by atoms with Gasteiger partial charge in [-0.05, 0) is 64.7 Å². The molecule has 0 bridgehead atoms. The van der Waals surface area contributed by atoms with E-state index < -0.39 is 24.0 Å². The van der Waals surface area contributed by atoms with Gasteiger partial charge in [0, 0.05) is 30.5 Å². The summed E-state index contributed by atoms with van der Waals surface area (Å²) in [5.74, 6) is -1.16. The summed E-state index contributed by atoms with van der Waals surface area (Å²) in [6.45, 7) is 13.9. The Labute approximate surface area is 191 Å². The van der Waals surface area contributed by atoms with Crippen molar-refractivity contribution in [3.63, 3.8) is 0 Å². The molecule has 8 nitrogen and oxygen atoms in total. The second-order valence-corrected chi connectivity index (χ2v) is 9.45. The molecule has 8 heteroatoms. The van der Waals surface area contributed by atoms with Gasteiger partial charge in [-0.15, -0.1) is 0 Å². The molecule has 0 fully saturated rings. The summed E-state index contributed by atoms with van der Waals surface area (Å²) in [6.07, 6.45) is 2.51. The topological polar surface area (TPSA) is 104 Å². The molecular weight excluding hydrogens is 408 g/mol. The van der Waals surface area contributed by atoms with Gasteiger partial charge in [0.15, 0.2) is 6.61 Å². The lowest BCUT2D eigenvalue weighted by Gasteiger charge is -2.23. The maximum atomic E-state index is 12.4. The van der Waals surface area contributed by atoms with E-state index in [1.807, 2.05) is 46.8 Å². The third-order valence-corrected chi connectivity index (χ3v) is 4.83. The molecule has 32 heavy (non-hydrogen) atoms. The fourth-order valence-corrected chi connectivity index (χ4v) is 3.07. The average Bonchev–Trinajstić information content (AvgIpc) is 2.93. The lowest BCUT2D eigenvalue weighted by Crippen LogP contribution is -2.46. The molecule has 1 aromatic rings. The van der Waals surface area contributed by atoms with Crippen LogP contribution in [0.25, 0.3) is 6.08 Å². The van der Waals surface area contributed by atoms with Gasteiger partial charge in [-0.3, -0.25) is 9.59 Å². The lowest BCUT2D eigenvalue weighted by atomic mass is 10.1. The average molecular weight is 445 g/mol. The van der Waals surface area contributed by atoms with E-state index in [0.29, 0.717) is 5.92 Å². The van der Waals surface area contributed by atoms with Crippen LogP contribution >= 0.6 is 0 Å². The first-order valence-corrected chi connectivity index (χ1v) is 10.8. The number of esters is 1. The zero-order valence-electron chi connectivity index (χ0n) is 20.5. The molecule has 0 saturated heterocycles. The predicted molar refractivity (Wildman–Crippen MR) is 123 cm³/mol. The van der Waals surface area contributed by atoms with Crippen LogP contribution in [0.15, 0.2) is 11.6 Å². The van der Waals surface area contributed by atoms with Crippen molar-refractivity contribution in [2.45, 2.75) is 67.0 Å². The summed E-state index contributed by atoms with van der Waals surface area (Å²) in [5, 5.41) is 12.2. The van der Waals surface area contributed by atoms with Crippen LogP contribution in [-0.2, 0) is 25.7 Å². The molecule has 2 amide bonds. The monoisotopic (exact) mass is 444 g/mol. The number of hydrogen-bond donors (Lipinski definition) is 1. The van der Waals surface area contributed by atoms with Crippen molar-refractivity contribution < 1.29 is 19.1 Å². The summed E-state index contributed by atoms with van der Waals surface area (Å²) in [7, 11) is 1.45. The Balaban J connectivity index is 2.78. The molecule has 0 aliphatic heterocycles. The number of aromatic nitrogens is 1. The highest BCUT2D eigenvalue weighted by atomic mass is 16.5. The largest absolute Gasteiger partial charge is 0.451 e. The molecule has 0 aliphatic carbocycles. The van der Waals surface area contributed by atoms with Crippen molar-refractivity contribution in [2.24, 2.45) is 5.92 Å². The fraction of sp³-hybridized carbons (Fsp3) is 0.583. The van der Waals surface area contributed by atoms with Crippen molar-refractivity contribution in [1.82, 2.24) is 14.8 Å². The fourth-order valence-electron chi connectivity index (χ4n) is 3.07. The number of carbonyl (C=O) groups is 3. The number of nitrogens with zero attached hydrogens (tertiary/aromatic N) is 3. The Morgan fingerprint density at radius 2 is 1.91 bits per heavy atom. The molecule has 0 radical (unpaired) electrons. The number of amides is 2. The standard InChI is InChI=1S/C24H36N4O4/c1-16(2)9-10-28-17(3)11-19(18(28)4)12-20(13-25)23(31)32-15-22(30)27(8)14-21(29)26-24(5,6)7/h11-12,16H,9-10,14-15H2,1-8H3,(H,26,29)/b20-12+. The number of rotatable bonds is 9. The van der Waals surface area contributed by atoms with Crippen LogP contribution < -0.4 is 5.32 Å². The van der Waals surface area contributed by atoms with Gasteiger partial charge in [0.05, 0.1) is 6.54 Å². The summed E-state index contributed by atoms with van der Waals surface area (Å²) >= 11 is 0. The van der Waals surface area contributed by atoms with Gasteiger partial charge in [-0.1, -0.05) is 13.8 Å². The van der Waals surface area contributed by atoms with Crippen LogP contribution in [0.4, 0.5) is 0 Å². The van der Waals surface area contributed by atoms with Gasteiger partial charge in [0.25, 0.3) is 5.91 Å². The second-order valence-electron chi connectivity index (χ2n) is 9.45. The van der Waals surface area contributed by atoms with Crippen molar-refractivity contribution in [1.29, 1.82) is 5.26 Å². The normalized spacial score (nSPS) is 11.8. The van der Waals surface area contributed by atoms with E-state index in [4.69, 9.17) is 4.74 Å². The highest BCUT2D eigenvalue weighted by Gasteiger charge is 2.20. The van der Waals surface area contributed by atoms with E-state index in [1.54, 1.807) is 0 Å². The number of nitrogens with one attached hydrogen (secondary N) is 1. The number of nitriles is 1. The van der Waals surface area contributed by atoms with Crippen molar-refractivity contribution >= 4 is 23.9 Å². The number of hydrogen-bond acceptors (Lipinski definition) is 5. The van der Waals surface area contributed by atoms with Gasteiger partial charge in [0.2, 0.25) is 5.91 Å². The van der Waals surface area contributed by atoms with E-state index in [-0.39, 0.29) is 18.0 Å². The zero-order valence-corrected chi connectivity index (χ0v) is 20.5. The molecule has 0 spiro atoms. The first kappa shape index (κ1) is 27.0. The molecule has 1 N–H and O–H groups in total. The highest BCUT2D eigenvalue weighted by molar-refractivity contribution is 5.99. The van der Waals surface area contributed by atoms with E-state index in [2.05, 4.69) is 23.7 Å². The number of carbonyl (C=O) groups excluding carboxylic acids is 3. The van der Waals surface area contributed by atoms with Gasteiger partial charge >= 0.3 is 5.97 Å². The minimum absolute atomic E-state index is 0.156. The summed E-state index contributed by atoms with van der Waals surface area (Å²) in [6, 6.07) is 3.78. The molecule has 0 atom stereocenters. The molecular formula is C24H36N4O4. The molecule has 176 valence electrons. The smallest absolute Gasteiger partial charge is 0.349 e. The predicted octanol–water partition coefficient (Wildman–Crippen LogP) is 2.97. The Bertz CT molecular complexity index is 914. The molecule has 1 heterocycles. The quantitative estimate of drug-likeness (QED) is 0.358. The lowest BCUT2D eigenvalue weighted by molar-refractivity contribution is -0.148. The molecule has 0 aliphatic rings. The van der Waals surface area contributed by atoms with E-state index in [1.165, 1.54) is 18.0 Å². The second kappa shape index (κ2) is 11.5. The third-order valence-electron chi connectivity index (χ3n) is 4.83. The van der Waals surface area contributed by atoms with E-state index in [9.17, 15) is 19.6 Å². The van der Waals surface area contributed by atoms with Crippen LogP contribution in [0, 0.1) is 31.1 Å². The SMILES string of the molecule is Cc1cc(/C=C(\C#N)C(=O)OCC(=O)N(C)CC(=O)NC(C)(C)C)c(C)n1CCC(C)C. The van der Waals surface area contributed by atoms with Crippen LogP contribution in [0.2, 0.25) is 0 Å². The molecule has 0 unspecified atom stereocenters. The number of aryl methyl sites for hydroxylation is 1. The van der Waals surface area contributed by atoms with E-state index in [0.717, 1.165) is 29.9 Å². The first-order valence-electron chi connectivity index (χ1n) is 10.8. The Morgan fingerprint density at radius 1 is 1.28 bits per heavy atom. The van der Waals surface area contributed by atoms with Crippen molar-refractivity contribution in [2.75, 3.05) is 20.2 Å². The molecule has 1 aromatic heterocycles. The van der Waals surface area contributed by atoms with E-state index >= 15 is 0 Å². The number of likely N-dealkylation sites (N-methyl/N-ethyl adjacent to an activating group) is 1. The van der Waals surface area contributed by atoms with Crippen LogP contribution in [0.3, 0.4) is 0 Å². The van der Waals surface area contributed by atoms with Gasteiger partial charge in [-0.2, -0.15) is 5.26 Å².